The van der Waals surface area contributed by atoms with Crippen molar-refractivity contribution in [2.24, 2.45) is 10.9 Å². The molecule has 4 heterocycles. The van der Waals surface area contributed by atoms with Gasteiger partial charge in [-0.15, -0.1) is 11.3 Å². The van der Waals surface area contributed by atoms with Crippen LogP contribution in [-0.4, -0.2) is 41.2 Å². The minimum absolute atomic E-state index is 0.0197. The predicted molar refractivity (Wildman–Crippen MR) is 271 cm³/mol. The molecular formula is C58H59N5S. The van der Waals surface area contributed by atoms with E-state index in [2.05, 4.69) is 191 Å². The zero-order valence-electron chi connectivity index (χ0n) is 37.2. The van der Waals surface area contributed by atoms with Gasteiger partial charge in [0.25, 0.3) is 0 Å². The maximum absolute atomic E-state index is 5.59. The number of hydrogen-bond donors (Lipinski definition) is 2. The number of hydrogen-bond acceptors (Lipinski definition) is 5. The zero-order chi connectivity index (χ0) is 42.7. The minimum Gasteiger partial charge on any atom is -0.383 e. The monoisotopic (exact) mass is 857 g/mol. The third-order valence-corrected chi connectivity index (χ3v) is 16.7. The van der Waals surface area contributed by atoms with Crippen LogP contribution in [0.15, 0.2) is 168 Å². The molecule has 3 aromatic carbocycles. The first-order valence-electron chi connectivity index (χ1n) is 24.1. The number of nitrogens with zero attached hydrogens (tertiary/aromatic N) is 3. The maximum atomic E-state index is 5.59. The summed E-state index contributed by atoms with van der Waals surface area (Å²) in [4.78, 5) is 9.68. The van der Waals surface area contributed by atoms with E-state index in [0.717, 1.165) is 63.7 Å². The Morgan fingerprint density at radius 2 is 1.67 bits per heavy atom. The maximum Gasteiger partial charge on any atom is 0.127 e. The lowest BCUT2D eigenvalue weighted by atomic mass is 9.77. The molecule has 0 bridgehead atoms. The fraction of sp³-hybridized carbons (Fsp3) is 0.328. The Bertz CT molecular complexity index is 2990. The largest absolute Gasteiger partial charge is 0.383 e. The van der Waals surface area contributed by atoms with Crippen molar-refractivity contribution < 1.29 is 0 Å². The smallest absolute Gasteiger partial charge is 0.127 e. The molecule has 0 fully saturated rings. The molecule has 2 N–H and O–H groups in total. The summed E-state index contributed by atoms with van der Waals surface area (Å²) in [6.45, 7) is 3.28. The molecule has 12 rings (SSSR count). The van der Waals surface area contributed by atoms with Gasteiger partial charge in [0, 0.05) is 56.7 Å². The van der Waals surface area contributed by atoms with Crippen molar-refractivity contribution in [3.8, 4) is 0 Å². The molecule has 0 saturated heterocycles. The SMILES string of the molecule is CC1CCC(C2=C(C3NC(C4C=CCCC4)=NC(C4=CC=CCC4)N3C)C=C(c3cccc(C4C=CC=CC4)c3)CN2)c2sc3c(ccc4c5ccccc5n(C5C=CC=CC5)c43)c21. The molecule has 64 heavy (non-hydrogen) atoms. The van der Waals surface area contributed by atoms with Crippen molar-refractivity contribution in [1.29, 1.82) is 0 Å². The summed E-state index contributed by atoms with van der Waals surface area (Å²) >= 11 is 2.09. The van der Waals surface area contributed by atoms with Crippen LogP contribution in [0.25, 0.3) is 37.5 Å². The Hall–Kier alpha value is -5.69. The summed E-state index contributed by atoms with van der Waals surface area (Å²) in [5.41, 5.74) is 12.5. The lowest BCUT2D eigenvalue weighted by Gasteiger charge is -2.44. The molecular weight excluding hydrogens is 799 g/mol. The average Bonchev–Trinajstić information content (AvgIpc) is 3.93. The van der Waals surface area contributed by atoms with Crippen molar-refractivity contribution in [3.05, 3.63) is 184 Å². The molecule has 7 atom stereocenters. The van der Waals surface area contributed by atoms with E-state index in [1.54, 1.807) is 10.4 Å². The van der Waals surface area contributed by atoms with E-state index in [9.17, 15) is 0 Å². The van der Waals surface area contributed by atoms with Gasteiger partial charge in [-0.2, -0.15) is 0 Å². The number of aromatic nitrogens is 1. The van der Waals surface area contributed by atoms with Crippen LogP contribution in [-0.2, 0) is 0 Å². The number of allylic oxidation sites excluding steroid dienone is 13. The molecule has 7 aliphatic rings. The van der Waals surface area contributed by atoms with Crippen LogP contribution in [0.4, 0.5) is 0 Å². The van der Waals surface area contributed by atoms with Gasteiger partial charge in [-0.25, -0.2) is 4.99 Å². The molecule has 5 aliphatic carbocycles. The van der Waals surface area contributed by atoms with Crippen molar-refractivity contribution in [3.63, 3.8) is 0 Å². The fourth-order valence-corrected chi connectivity index (χ4v) is 13.6. The molecule has 2 aliphatic heterocycles. The standard InChI is InChI=1S/C58H59N5S/c1-37-30-31-48(54-51(37)47-33-32-46-45-28-15-16-29-50(45)63(53(46)55(47)64-54)44-26-13-6-14-27-44)52-49(35-43(36-59-52)42-25-17-24-41(34-42)38-18-7-3-8-19-38)58-61-56(39-20-9-4-10-21-39)60-57(62(58)2)40-22-11-5-12-23-40/h3,5-9,11,13-18,20,22,24-26,28-29,32-35,37-39,44,48,57-59H,4,10,12,19,21,23,27,30-31,36H2,1-2H3,(H,60,61). The van der Waals surface area contributed by atoms with Crippen LogP contribution in [0.3, 0.4) is 0 Å². The average molecular weight is 858 g/mol. The molecule has 322 valence electrons. The molecule has 0 saturated carbocycles. The highest BCUT2D eigenvalue weighted by Crippen LogP contribution is 2.53. The molecule has 0 radical (unpaired) electrons. The summed E-state index contributed by atoms with van der Waals surface area (Å²) in [7, 11) is 2.31. The highest BCUT2D eigenvalue weighted by atomic mass is 32.1. The summed E-state index contributed by atoms with van der Waals surface area (Å²) < 4.78 is 4.11. The van der Waals surface area contributed by atoms with E-state index in [0.29, 0.717) is 17.8 Å². The number of fused-ring (bicyclic) bond motifs is 7. The van der Waals surface area contributed by atoms with Gasteiger partial charge in [0.2, 0.25) is 0 Å². The van der Waals surface area contributed by atoms with Gasteiger partial charge in [0.15, 0.2) is 0 Å². The summed E-state index contributed by atoms with van der Waals surface area (Å²) in [5.74, 6) is 2.60. The number of thiophene rings is 1. The lowest BCUT2D eigenvalue weighted by Crippen LogP contribution is -2.58. The summed E-state index contributed by atoms with van der Waals surface area (Å²) in [6, 6.07) is 23.6. The summed E-state index contributed by atoms with van der Waals surface area (Å²) in [5, 5.41) is 12.6. The van der Waals surface area contributed by atoms with Gasteiger partial charge in [0.1, 0.15) is 18.2 Å². The van der Waals surface area contributed by atoms with Crippen LogP contribution < -0.4 is 10.6 Å². The third kappa shape index (κ3) is 6.87. The minimum atomic E-state index is -0.0513. The molecule has 5 nitrogen and oxygen atoms in total. The van der Waals surface area contributed by atoms with E-state index >= 15 is 0 Å². The Morgan fingerprint density at radius 1 is 0.781 bits per heavy atom. The number of para-hydroxylation sites is 1. The molecule has 7 unspecified atom stereocenters. The Balaban J connectivity index is 1.04. The van der Waals surface area contributed by atoms with Gasteiger partial charge in [-0.05, 0) is 116 Å². The number of dihydropyridines is 1. The van der Waals surface area contributed by atoms with E-state index < -0.39 is 0 Å². The Labute approximate surface area is 382 Å². The molecule has 0 amide bonds. The van der Waals surface area contributed by atoms with Crippen LogP contribution in [0.1, 0.15) is 110 Å². The summed E-state index contributed by atoms with van der Waals surface area (Å²) in [6.07, 6.45) is 42.4. The van der Waals surface area contributed by atoms with Gasteiger partial charge in [-0.3, -0.25) is 4.90 Å². The predicted octanol–water partition coefficient (Wildman–Crippen LogP) is 13.8. The van der Waals surface area contributed by atoms with E-state index in [1.807, 2.05) is 0 Å². The number of aliphatic imine (C=N–C) groups is 1. The van der Waals surface area contributed by atoms with Crippen molar-refractivity contribution >= 4 is 54.6 Å². The second kappa shape index (κ2) is 16.7. The topological polar surface area (TPSA) is 44.6 Å². The Kier molecular flexibility index (Phi) is 10.4. The number of amidine groups is 1. The van der Waals surface area contributed by atoms with Crippen LogP contribution >= 0.6 is 11.3 Å². The van der Waals surface area contributed by atoms with Gasteiger partial charge in [-0.1, -0.05) is 141 Å². The first-order chi connectivity index (χ1) is 31.6. The first kappa shape index (κ1) is 39.9. The van der Waals surface area contributed by atoms with Crippen molar-refractivity contribution in [2.45, 2.75) is 101 Å². The van der Waals surface area contributed by atoms with Gasteiger partial charge < -0.3 is 15.2 Å². The van der Waals surface area contributed by atoms with E-state index in [1.165, 1.54) is 71.9 Å². The highest BCUT2D eigenvalue weighted by Gasteiger charge is 2.40. The number of rotatable bonds is 7. The van der Waals surface area contributed by atoms with E-state index in [-0.39, 0.29) is 24.3 Å². The lowest BCUT2D eigenvalue weighted by molar-refractivity contribution is 0.191. The van der Waals surface area contributed by atoms with Crippen molar-refractivity contribution in [2.75, 3.05) is 13.6 Å². The van der Waals surface area contributed by atoms with Crippen LogP contribution in [0.5, 0.6) is 0 Å². The fourth-order valence-electron chi connectivity index (χ4n) is 12.0. The van der Waals surface area contributed by atoms with Crippen LogP contribution in [0, 0.1) is 5.92 Å². The number of benzene rings is 3. The molecule has 0 spiro atoms. The number of likely N-dealkylation sites (N-methyl/N-ethyl adjacent to an activating group) is 1. The van der Waals surface area contributed by atoms with Gasteiger partial charge >= 0.3 is 0 Å². The molecule has 6 heteroatoms. The molecule has 2 aromatic heterocycles. The second-order valence-corrected chi connectivity index (χ2v) is 20.3. The number of nitrogens with one attached hydrogen (secondary N) is 2. The Morgan fingerprint density at radius 3 is 2.50 bits per heavy atom. The third-order valence-electron chi connectivity index (χ3n) is 15.3. The van der Waals surface area contributed by atoms with Gasteiger partial charge in [0.05, 0.1) is 16.3 Å². The first-order valence-corrected chi connectivity index (χ1v) is 24.9. The van der Waals surface area contributed by atoms with Crippen molar-refractivity contribution in [1.82, 2.24) is 20.1 Å². The quantitative estimate of drug-likeness (QED) is 0.160. The van der Waals surface area contributed by atoms with Crippen LogP contribution in [0.2, 0.25) is 0 Å². The van der Waals surface area contributed by atoms with E-state index in [4.69, 9.17) is 4.99 Å². The molecule has 5 aromatic rings. The second-order valence-electron chi connectivity index (χ2n) is 19.2. The zero-order valence-corrected chi connectivity index (χ0v) is 38.0. The normalized spacial score (nSPS) is 28.0. The highest BCUT2D eigenvalue weighted by molar-refractivity contribution is 7.20.